The fraction of sp³-hybridized carbons (Fsp3) is 0.370. The maximum Gasteiger partial charge on any atom is 0.470 e. The molecule has 41 heavy (non-hydrogen) atoms. The maximum absolute atomic E-state index is 14.8. The van der Waals surface area contributed by atoms with Gasteiger partial charge in [0.1, 0.15) is 17.1 Å². The van der Waals surface area contributed by atoms with Crippen LogP contribution >= 0.6 is 0 Å². The molecule has 0 bridgehead atoms. The number of aromatic nitrogens is 5. The highest BCUT2D eigenvalue weighted by Gasteiger charge is 2.55. The van der Waals surface area contributed by atoms with Crippen LogP contribution in [0.3, 0.4) is 0 Å². The Morgan fingerprint density at radius 2 is 1.73 bits per heavy atom. The van der Waals surface area contributed by atoms with Gasteiger partial charge in [-0.1, -0.05) is 17.3 Å². The Kier molecular flexibility index (Phi) is 6.23. The molecule has 4 heterocycles. The van der Waals surface area contributed by atoms with E-state index in [4.69, 9.17) is 9.15 Å². The molecule has 2 aliphatic rings. The number of anilines is 1. The summed E-state index contributed by atoms with van der Waals surface area (Å²) >= 11 is 0. The van der Waals surface area contributed by atoms with Crippen molar-refractivity contribution < 1.29 is 31.5 Å². The molecule has 0 radical (unpaired) electrons. The molecule has 2 atom stereocenters. The van der Waals surface area contributed by atoms with Crippen molar-refractivity contribution >= 4 is 11.8 Å². The van der Waals surface area contributed by atoms with Crippen LogP contribution < -0.4 is 4.90 Å². The molecule has 14 heteroatoms. The number of ether oxygens (including phenoxy) is 1. The predicted molar refractivity (Wildman–Crippen MR) is 137 cm³/mol. The Morgan fingerprint density at radius 1 is 1.00 bits per heavy atom. The smallest absolute Gasteiger partial charge is 0.444 e. The van der Waals surface area contributed by atoms with Crippen molar-refractivity contribution in [2.45, 2.75) is 51.2 Å². The molecule has 10 nitrogen and oxygen atoms in total. The van der Waals surface area contributed by atoms with Crippen LogP contribution in [0.15, 0.2) is 53.1 Å². The van der Waals surface area contributed by atoms with Gasteiger partial charge in [-0.05, 0) is 56.7 Å². The Labute approximate surface area is 231 Å². The van der Waals surface area contributed by atoms with Crippen molar-refractivity contribution in [3.05, 3.63) is 65.9 Å². The third-order valence-electron chi connectivity index (χ3n) is 6.94. The second-order valence-corrected chi connectivity index (χ2v) is 11.0. The van der Waals surface area contributed by atoms with E-state index in [1.54, 1.807) is 52.2 Å². The zero-order chi connectivity index (χ0) is 29.1. The third-order valence-corrected chi connectivity index (χ3v) is 6.94. The number of benzene rings is 2. The molecule has 0 spiro atoms. The second-order valence-electron chi connectivity index (χ2n) is 11.0. The van der Waals surface area contributed by atoms with E-state index in [2.05, 4.69) is 20.5 Å². The molecule has 2 saturated heterocycles. The van der Waals surface area contributed by atoms with Crippen molar-refractivity contribution in [1.29, 1.82) is 0 Å². The topological polar surface area (TPSA) is 102 Å². The van der Waals surface area contributed by atoms with Gasteiger partial charge in [-0.2, -0.15) is 13.2 Å². The van der Waals surface area contributed by atoms with Crippen molar-refractivity contribution in [2.24, 2.45) is 0 Å². The number of alkyl halides is 3. The number of rotatable bonds is 5. The van der Waals surface area contributed by atoms with E-state index < -0.39 is 17.7 Å². The van der Waals surface area contributed by atoms with Crippen LogP contribution in [0.5, 0.6) is 0 Å². The van der Waals surface area contributed by atoms with Gasteiger partial charge in [0, 0.05) is 24.2 Å². The highest BCUT2D eigenvalue weighted by molar-refractivity contribution is 5.73. The van der Waals surface area contributed by atoms with Gasteiger partial charge < -0.3 is 14.1 Å². The summed E-state index contributed by atoms with van der Waals surface area (Å²) in [5.74, 6) is -1.99. The number of likely N-dealkylation sites (tertiary alicyclic amines) is 1. The molecule has 1 amide bonds. The molecule has 1 unspecified atom stereocenters. The number of amides is 1. The normalized spacial score (nSPS) is 18.5. The number of hydrogen-bond acceptors (Lipinski definition) is 8. The van der Waals surface area contributed by atoms with Crippen molar-refractivity contribution in [3.63, 3.8) is 0 Å². The first-order valence-corrected chi connectivity index (χ1v) is 12.8. The van der Waals surface area contributed by atoms with Crippen LogP contribution in [0, 0.1) is 5.82 Å². The summed E-state index contributed by atoms with van der Waals surface area (Å²) in [5, 5.41) is 14.9. The first kappa shape index (κ1) is 26.7. The van der Waals surface area contributed by atoms with E-state index in [-0.39, 0.29) is 29.9 Å². The summed E-state index contributed by atoms with van der Waals surface area (Å²) in [6, 6.07) is 11.4. The van der Waals surface area contributed by atoms with E-state index >= 15 is 0 Å². The Balaban J connectivity index is 1.10. The monoisotopic (exact) mass is 571 g/mol. The highest BCUT2D eigenvalue weighted by atomic mass is 19.4. The molecule has 2 aromatic heterocycles. The number of carbonyl (C=O) groups excluding carboxylic acids is 1. The van der Waals surface area contributed by atoms with Gasteiger partial charge in [0.2, 0.25) is 5.89 Å². The standard InChI is InChI=1S/C27H25F4N7O3/c1-26(2,3)41-25(39)38-14-21-22(38)13-37(21)20-10-17(8-9-18(20)28)19-12-36(35-32-19)11-15-4-6-16(7-5-15)23-33-34-24(40-23)27(29,30)31/h4-10,12,21-22H,11,13-14H2,1-3H3/t21-,22?/m1/s1. The van der Waals surface area contributed by atoms with Crippen LogP contribution in [0.2, 0.25) is 0 Å². The SMILES string of the molecule is CC(C)(C)OC(=O)N1C[C@@H]2C1CN2c1cc(-c2cn(Cc3ccc(-c4nnc(C(F)(F)F)o4)cc3)nn2)ccc1F. The van der Waals surface area contributed by atoms with E-state index in [1.165, 1.54) is 6.07 Å². The summed E-state index contributed by atoms with van der Waals surface area (Å²) in [5.41, 5.74) is 2.26. The van der Waals surface area contributed by atoms with Crippen LogP contribution in [-0.4, -0.2) is 67.0 Å². The molecule has 0 N–H and O–H groups in total. The van der Waals surface area contributed by atoms with Gasteiger partial charge in [0.05, 0.1) is 30.5 Å². The zero-order valence-corrected chi connectivity index (χ0v) is 22.3. The maximum atomic E-state index is 14.8. The zero-order valence-electron chi connectivity index (χ0n) is 22.3. The van der Waals surface area contributed by atoms with E-state index in [0.717, 1.165) is 5.56 Å². The largest absolute Gasteiger partial charge is 0.470 e. The Morgan fingerprint density at radius 3 is 2.37 bits per heavy atom. The van der Waals surface area contributed by atoms with Crippen molar-refractivity contribution in [3.8, 4) is 22.7 Å². The molecular formula is C27H25F4N7O3. The number of hydrogen-bond donors (Lipinski definition) is 0. The molecule has 2 aromatic carbocycles. The number of fused-ring (bicyclic) bond motifs is 1. The number of carbonyl (C=O) groups is 1. The van der Waals surface area contributed by atoms with Gasteiger partial charge >= 0.3 is 18.2 Å². The van der Waals surface area contributed by atoms with Crippen LogP contribution in [0.4, 0.5) is 28.0 Å². The van der Waals surface area contributed by atoms with Crippen molar-refractivity contribution in [1.82, 2.24) is 30.1 Å². The quantitative estimate of drug-likeness (QED) is 0.308. The average Bonchev–Trinajstić information content (AvgIpc) is 3.56. The number of halogens is 4. The molecule has 2 aliphatic heterocycles. The summed E-state index contributed by atoms with van der Waals surface area (Å²) in [7, 11) is 0. The summed E-state index contributed by atoms with van der Waals surface area (Å²) in [6.45, 7) is 6.77. The molecule has 214 valence electrons. The van der Waals surface area contributed by atoms with Gasteiger partial charge in [-0.3, -0.25) is 4.90 Å². The number of nitrogens with zero attached hydrogens (tertiary/aromatic N) is 7. The van der Waals surface area contributed by atoms with Gasteiger partial charge in [0.25, 0.3) is 0 Å². The van der Waals surface area contributed by atoms with E-state index in [9.17, 15) is 22.4 Å². The van der Waals surface area contributed by atoms with E-state index in [0.29, 0.717) is 42.1 Å². The summed E-state index contributed by atoms with van der Waals surface area (Å²) in [6.07, 6.45) is -3.34. The lowest BCUT2D eigenvalue weighted by Crippen LogP contribution is -2.80. The minimum Gasteiger partial charge on any atom is -0.444 e. The first-order valence-electron chi connectivity index (χ1n) is 12.8. The molecular weight excluding hydrogens is 546 g/mol. The molecule has 0 saturated carbocycles. The first-order chi connectivity index (χ1) is 19.4. The van der Waals surface area contributed by atoms with Crippen LogP contribution in [0.25, 0.3) is 22.7 Å². The molecule has 6 rings (SSSR count). The lowest BCUT2D eigenvalue weighted by atomic mass is 9.85. The van der Waals surface area contributed by atoms with Gasteiger partial charge in [-0.25, -0.2) is 13.9 Å². The second kappa shape index (κ2) is 9.56. The lowest BCUT2D eigenvalue weighted by molar-refractivity contribution is -0.156. The lowest BCUT2D eigenvalue weighted by Gasteiger charge is -2.62. The van der Waals surface area contributed by atoms with Gasteiger partial charge in [-0.15, -0.1) is 15.3 Å². The predicted octanol–water partition coefficient (Wildman–Crippen LogP) is 5.01. The van der Waals surface area contributed by atoms with E-state index in [1.807, 2.05) is 25.7 Å². The molecule has 4 aromatic rings. The van der Waals surface area contributed by atoms with Crippen LogP contribution in [-0.2, 0) is 17.5 Å². The Bertz CT molecular complexity index is 1590. The van der Waals surface area contributed by atoms with Crippen molar-refractivity contribution in [2.75, 3.05) is 18.0 Å². The third kappa shape index (κ3) is 5.21. The fourth-order valence-electron chi connectivity index (χ4n) is 4.86. The highest BCUT2D eigenvalue weighted by Crippen LogP contribution is 2.40. The fourth-order valence-corrected chi connectivity index (χ4v) is 4.86. The van der Waals surface area contributed by atoms with Gasteiger partial charge in [0.15, 0.2) is 0 Å². The Hall–Kier alpha value is -4.49. The summed E-state index contributed by atoms with van der Waals surface area (Å²) in [4.78, 5) is 16.0. The minimum atomic E-state index is -4.71. The minimum absolute atomic E-state index is 0.00770. The number of piperazine rings is 1. The molecule has 2 fully saturated rings. The summed E-state index contributed by atoms with van der Waals surface area (Å²) < 4.78 is 64.7. The average molecular weight is 572 g/mol. The van der Waals surface area contributed by atoms with Crippen LogP contribution in [0.1, 0.15) is 32.2 Å². The molecule has 0 aliphatic carbocycles.